The number of benzene rings is 1. The maximum atomic E-state index is 8.49. The minimum atomic E-state index is -0.161. The van der Waals surface area contributed by atoms with Crippen LogP contribution in [0.1, 0.15) is 36.2 Å². The van der Waals surface area contributed by atoms with Crippen LogP contribution in [0.15, 0.2) is 28.8 Å². The fraction of sp³-hybridized carbons (Fsp3) is 0.357. The second kappa shape index (κ2) is 5.11. The number of hydrogen-bond donors (Lipinski definition) is 0. The zero-order valence-corrected chi connectivity index (χ0v) is 10.4. The molecule has 19 heavy (non-hydrogen) atoms. The van der Waals surface area contributed by atoms with Crippen LogP contribution in [0.4, 0.5) is 0 Å². The molecule has 1 unspecified atom stereocenters. The minimum absolute atomic E-state index is 0.161. The average molecular weight is 255 g/mol. The standard InChI is InChI=1S/C14H13N3O2/c15-8-4-3-7-13-16-14(17-19-13)12-9-10-5-1-2-6-11(10)18-12/h1-2,5-6,12H,3-4,7,9H2. The summed E-state index contributed by atoms with van der Waals surface area (Å²) in [5.74, 6) is 2.05. The molecule has 0 spiro atoms. The molecule has 2 aromatic rings. The number of nitriles is 1. The largest absolute Gasteiger partial charge is 0.482 e. The molecule has 0 bridgehead atoms. The molecule has 0 N–H and O–H groups in total. The van der Waals surface area contributed by atoms with Crippen LogP contribution >= 0.6 is 0 Å². The molecular formula is C14H13N3O2. The van der Waals surface area contributed by atoms with Crippen LogP contribution in [-0.2, 0) is 12.8 Å². The molecule has 1 aliphatic heterocycles. The Morgan fingerprint density at radius 3 is 3.11 bits per heavy atom. The van der Waals surface area contributed by atoms with Gasteiger partial charge in [-0.2, -0.15) is 10.2 Å². The number of unbranched alkanes of at least 4 members (excludes halogenated alkanes) is 1. The summed E-state index contributed by atoms with van der Waals surface area (Å²) in [4.78, 5) is 4.33. The third kappa shape index (κ3) is 2.43. The fourth-order valence-electron chi connectivity index (χ4n) is 2.15. The van der Waals surface area contributed by atoms with Gasteiger partial charge in [-0.15, -0.1) is 0 Å². The molecular weight excluding hydrogens is 242 g/mol. The normalized spacial score (nSPS) is 16.7. The van der Waals surface area contributed by atoms with E-state index in [-0.39, 0.29) is 6.10 Å². The summed E-state index contributed by atoms with van der Waals surface area (Å²) in [6, 6.07) is 10.0. The second-order valence-corrected chi connectivity index (χ2v) is 4.48. The highest BCUT2D eigenvalue weighted by atomic mass is 16.5. The van der Waals surface area contributed by atoms with E-state index in [0.29, 0.717) is 24.6 Å². The lowest BCUT2D eigenvalue weighted by molar-refractivity contribution is 0.221. The van der Waals surface area contributed by atoms with Gasteiger partial charge >= 0.3 is 0 Å². The predicted molar refractivity (Wildman–Crippen MR) is 66.4 cm³/mol. The van der Waals surface area contributed by atoms with Crippen molar-refractivity contribution >= 4 is 0 Å². The summed E-state index contributed by atoms with van der Waals surface area (Å²) in [5.41, 5.74) is 1.17. The molecule has 0 radical (unpaired) electrons. The maximum Gasteiger partial charge on any atom is 0.226 e. The third-order valence-electron chi connectivity index (χ3n) is 3.10. The van der Waals surface area contributed by atoms with E-state index in [1.165, 1.54) is 5.56 Å². The van der Waals surface area contributed by atoms with E-state index < -0.39 is 0 Å². The smallest absolute Gasteiger partial charge is 0.226 e. The van der Waals surface area contributed by atoms with Crippen molar-refractivity contribution in [2.24, 2.45) is 0 Å². The number of rotatable bonds is 4. The first-order valence-corrected chi connectivity index (χ1v) is 6.31. The van der Waals surface area contributed by atoms with Gasteiger partial charge in [0.25, 0.3) is 0 Å². The van der Waals surface area contributed by atoms with Gasteiger partial charge in [0.1, 0.15) is 5.75 Å². The summed E-state index contributed by atoms with van der Waals surface area (Å²) in [7, 11) is 0. The number of para-hydroxylation sites is 1. The first-order chi connectivity index (χ1) is 9.36. The zero-order valence-electron chi connectivity index (χ0n) is 10.4. The lowest BCUT2D eigenvalue weighted by Crippen LogP contribution is -2.05. The number of fused-ring (bicyclic) bond motifs is 1. The molecule has 2 heterocycles. The molecule has 1 aromatic carbocycles. The van der Waals surface area contributed by atoms with E-state index in [1.807, 2.05) is 24.3 Å². The lowest BCUT2D eigenvalue weighted by Gasteiger charge is -2.04. The Morgan fingerprint density at radius 1 is 1.37 bits per heavy atom. The van der Waals surface area contributed by atoms with Crippen LogP contribution in [-0.4, -0.2) is 10.1 Å². The van der Waals surface area contributed by atoms with Gasteiger partial charge < -0.3 is 9.26 Å². The molecule has 0 saturated heterocycles. The van der Waals surface area contributed by atoms with Gasteiger partial charge in [-0.3, -0.25) is 0 Å². The first kappa shape index (κ1) is 11.7. The van der Waals surface area contributed by atoms with E-state index in [0.717, 1.165) is 18.6 Å². The average Bonchev–Trinajstić information content (AvgIpc) is 3.04. The summed E-state index contributed by atoms with van der Waals surface area (Å²) in [6.45, 7) is 0. The number of ether oxygens (including phenoxy) is 1. The zero-order chi connectivity index (χ0) is 13.1. The second-order valence-electron chi connectivity index (χ2n) is 4.48. The Labute approximate surface area is 110 Å². The van der Waals surface area contributed by atoms with E-state index in [2.05, 4.69) is 16.2 Å². The molecule has 96 valence electrons. The van der Waals surface area contributed by atoms with Gasteiger partial charge in [0.2, 0.25) is 11.7 Å². The molecule has 0 saturated carbocycles. The Balaban J connectivity index is 1.67. The number of aryl methyl sites for hydroxylation is 1. The fourth-order valence-corrected chi connectivity index (χ4v) is 2.15. The van der Waals surface area contributed by atoms with Crippen LogP contribution in [0.2, 0.25) is 0 Å². The number of hydrogen-bond acceptors (Lipinski definition) is 5. The monoisotopic (exact) mass is 255 g/mol. The van der Waals surface area contributed by atoms with E-state index >= 15 is 0 Å². The molecule has 3 rings (SSSR count). The molecule has 5 heteroatoms. The van der Waals surface area contributed by atoms with Crippen LogP contribution in [0.3, 0.4) is 0 Å². The molecule has 0 aliphatic carbocycles. The van der Waals surface area contributed by atoms with Crippen molar-refractivity contribution in [2.45, 2.75) is 31.8 Å². The van der Waals surface area contributed by atoms with Gasteiger partial charge in [-0.25, -0.2) is 0 Å². The van der Waals surface area contributed by atoms with Crippen molar-refractivity contribution in [3.05, 3.63) is 41.5 Å². The van der Waals surface area contributed by atoms with Crippen molar-refractivity contribution in [2.75, 3.05) is 0 Å². The number of nitrogens with zero attached hydrogens (tertiary/aromatic N) is 3. The molecule has 1 aromatic heterocycles. The highest BCUT2D eigenvalue weighted by Crippen LogP contribution is 2.35. The van der Waals surface area contributed by atoms with Crippen molar-refractivity contribution in [1.29, 1.82) is 5.26 Å². The van der Waals surface area contributed by atoms with Crippen molar-refractivity contribution in [3.8, 4) is 11.8 Å². The maximum absolute atomic E-state index is 8.49. The highest BCUT2D eigenvalue weighted by molar-refractivity contribution is 5.37. The Hall–Kier alpha value is -2.35. The molecule has 1 aliphatic rings. The van der Waals surface area contributed by atoms with Crippen LogP contribution in [0.25, 0.3) is 0 Å². The van der Waals surface area contributed by atoms with Gasteiger partial charge in [-0.05, 0) is 18.1 Å². The summed E-state index contributed by atoms with van der Waals surface area (Å²) < 4.78 is 11.0. The lowest BCUT2D eigenvalue weighted by atomic mass is 10.1. The van der Waals surface area contributed by atoms with E-state index in [9.17, 15) is 0 Å². The SMILES string of the molecule is N#CCCCc1nc(C2Cc3ccccc3O2)no1. The van der Waals surface area contributed by atoms with E-state index in [1.54, 1.807) is 0 Å². The molecule has 0 fully saturated rings. The van der Waals surface area contributed by atoms with E-state index in [4.69, 9.17) is 14.5 Å². The third-order valence-corrected chi connectivity index (χ3v) is 3.10. The van der Waals surface area contributed by atoms with Crippen LogP contribution in [0.5, 0.6) is 5.75 Å². The molecule has 5 nitrogen and oxygen atoms in total. The molecule has 0 amide bonds. The van der Waals surface area contributed by atoms with Gasteiger partial charge in [0.15, 0.2) is 6.10 Å². The molecule has 1 atom stereocenters. The minimum Gasteiger partial charge on any atom is -0.482 e. The van der Waals surface area contributed by atoms with Crippen LogP contribution < -0.4 is 4.74 Å². The Morgan fingerprint density at radius 2 is 2.26 bits per heavy atom. The van der Waals surface area contributed by atoms with Gasteiger partial charge in [0.05, 0.1) is 6.07 Å². The van der Waals surface area contributed by atoms with Crippen molar-refractivity contribution in [3.63, 3.8) is 0 Å². The summed E-state index contributed by atoms with van der Waals surface area (Å²) in [5, 5.41) is 12.5. The number of aromatic nitrogens is 2. The highest BCUT2D eigenvalue weighted by Gasteiger charge is 2.27. The Kier molecular flexibility index (Phi) is 3.15. The summed E-state index contributed by atoms with van der Waals surface area (Å²) in [6.07, 6.45) is 2.49. The van der Waals surface area contributed by atoms with Crippen LogP contribution in [0, 0.1) is 11.3 Å². The summed E-state index contributed by atoms with van der Waals surface area (Å²) >= 11 is 0. The van der Waals surface area contributed by atoms with Crippen molar-refractivity contribution in [1.82, 2.24) is 10.1 Å². The van der Waals surface area contributed by atoms with Gasteiger partial charge in [-0.1, -0.05) is 23.4 Å². The van der Waals surface area contributed by atoms with Gasteiger partial charge in [0, 0.05) is 19.3 Å². The predicted octanol–water partition coefficient (Wildman–Crippen LogP) is 2.59. The van der Waals surface area contributed by atoms with Crippen molar-refractivity contribution < 1.29 is 9.26 Å². The topological polar surface area (TPSA) is 71.9 Å². The Bertz CT molecular complexity index is 590. The quantitative estimate of drug-likeness (QED) is 0.785. The first-order valence-electron chi connectivity index (χ1n) is 6.31.